The number of carbonyl (C=O) groups is 2. The van der Waals surface area contributed by atoms with E-state index in [-0.39, 0.29) is 24.5 Å². The summed E-state index contributed by atoms with van der Waals surface area (Å²) in [5, 5.41) is 2.67. The number of ketones is 1. The Kier molecular flexibility index (Phi) is 4.87. The quantitative estimate of drug-likeness (QED) is 0.857. The zero-order chi connectivity index (χ0) is 14.5. The number of pyridine rings is 1. The van der Waals surface area contributed by atoms with Crippen LogP contribution in [-0.4, -0.2) is 16.7 Å². The van der Waals surface area contributed by atoms with Crippen molar-refractivity contribution in [1.82, 2.24) is 4.98 Å². The fraction of sp³-hybridized carbons (Fsp3) is 0.214. The molecule has 0 saturated carbocycles. The van der Waals surface area contributed by atoms with Crippen molar-refractivity contribution < 1.29 is 9.59 Å². The number of aromatic nitrogens is 1. The van der Waals surface area contributed by atoms with Gasteiger partial charge in [0, 0.05) is 18.5 Å². The molecular weight excluding hydrogens is 296 g/mol. The van der Waals surface area contributed by atoms with E-state index in [2.05, 4.69) is 10.3 Å². The molecule has 2 aromatic heterocycles. The zero-order valence-corrected chi connectivity index (χ0v) is 12.4. The first kappa shape index (κ1) is 14.7. The summed E-state index contributed by atoms with van der Waals surface area (Å²) in [5.74, 6) is 0.204. The number of hydrogen-bond donors (Lipinski definition) is 1. The summed E-state index contributed by atoms with van der Waals surface area (Å²) >= 11 is 6.99. The Labute approximate surface area is 125 Å². The minimum atomic E-state index is -0.223. The van der Waals surface area contributed by atoms with E-state index in [1.54, 1.807) is 18.2 Å². The van der Waals surface area contributed by atoms with Gasteiger partial charge in [-0.3, -0.25) is 9.59 Å². The maximum absolute atomic E-state index is 11.8. The molecule has 1 N–H and O–H groups in total. The highest BCUT2D eigenvalue weighted by Crippen LogP contribution is 2.22. The first-order valence-electron chi connectivity index (χ1n) is 6.06. The minimum absolute atomic E-state index is 0.0748. The van der Waals surface area contributed by atoms with Crippen LogP contribution in [0.25, 0.3) is 0 Å². The predicted molar refractivity (Wildman–Crippen MR) is 80.5 cm³/mol. The Morgan fingerprint density at radius 3 is 2.70 bits per heavy atom. The van der Waals surface area contributed by atoms with Crippen LogP contribution in [0, 0.1) is 6.92 Å². The molecule has 0 fully saturated rings. The van der Waals surface area contributed by atoms with Gasteiger partial charge in [-0.2, -0.15) is 0 Å². The lowest BCUT2D eigenvalue weighted by Gasteiger charge is -2.04. The Bertz CT molecular complexity index is 640. The van der Waals surface area contributed by atoms with Crippen molar-refractivity contribution in [2.45, 2.75) is 19.8 Å². The van der Waals surface area contributed by atoms with E-state index in [1.165, 1.54) is 11.3 Å². The Morgan fingerprint density at radius 1 is 1.25 bits per heavy atom. The van der Waals surface area contributed by atoms with Gasteiger partial charge in [-0.15, -0.1) is 11.3 Å². The topological polar surface area (TPSA) is 59.1 Å². The fourth-order valence-electron chi connectivity index (χ4n) is 1.63. The van der Waals surface area contributed by atoms with Gasteiger partial charge in [0.15, 0.2) is 5.78 Å². The summed E-state index contributed by atoms with van der Waals surface area (Å²) in [5.41, 5.74) is 0.826. The molecule has 2 heterocycles. The van der Waals surface area contributed by atoms with Gasteiger partial charge in [0.05, 0.1) is 9.21 Å². The van der Waals surface area contributed by atoms with Crippen molar-refractivity contribution >= 4 is 40.4 Å². The largest absolute Gasteiger partial charge is 0.311 e. The van der Waals surface area contributed by atoms with Crippen molar-refractivity contribution in [2.24, 2.45) is 0 Å². The third kappa shape index (κ3) is 4.15. The van der Waals surface area contributed by atoms with Crippen molar-refractivity contribution in [3.63, 3.8) is 0 Å². The molecular formula is C14H13ClN2O2S. The van der Waals surface area contributed by atoms with Gasteiger partial charge < -0.3 is 5.32 Å². The highest BCUT2D eigenvalue weighted by molar-refractivity contribution is 7.18. The third-order valence-electron chi connectivity index (χ3n) is 2.58. The maximum Gasteiger partial charge on any atom is 0.225 e. The molecule has 0 bridgehead atoms. The molecule has 1 amide bonds. The summed E-state index contributed by atoms with van der Waals surface area (Å²) in [4.78, 5) is 28.3. The molecule has 0 radical (unpaired) electrons. The monoisotopic (exact) mass is 308 g/mol. The van der Waals surface area contributed by atoms with E-state index >= 15 is 0 Å². The summed E-state index contributed by atoms with van der Waals surface area (Å²) < 4.78 is 0.571. The number of rotatable bonds is 5. The predicted octanol–water partition coefficient (Wildman–Crippen LogP) is 3.71. The van der Waals surface area contributed by atoms with E-state index in [4.69, 9.17) is 11.6 Å². The van der Waals surface area contributed by atoms with Crippen molar-refractivity contribution in [3.8, 4) is 0 Å². The molecule has 4 nitrogen and oxygen atoms in total. The van der Waals surface area contributed by atoms with Crippen LogP contribution < -0.4 is 5.32 Å². The molecule has 0 aliphatic heterocycles. The smallest absolute Gasteiger partial charge is 0.225 e. The standard InChI is InChI=1S/C14H13ClN2O2S/c1-9-3-2-4-13(16-9)17-14(19)8-5-10(18)11-6-7-12(15)20-11/h2-4,6-7H,5,8H2,1H3,(H,16,17,19). The number of halogens is 1. The van der Waals surface area contributed by atoms with Gasteiger partial charge in [-0.25, -0.2) is 4.98 Å². The fourth-order valence-corrected chi connectivity index (χ4v) is 2.64. The van der Waals surface area contributed by atoms with Gasteiger partial charge in [0.2, 0.25) is 5.91 Å². The van der Waals surface area contributed by atoms with Crippen LogP contribution in [0.3, 0.4) is 0 Å². The second-order valence-electron chi connectivity index (χ2n) is 4.24. The van der Waals surface area contributed by atoms with Crippen LogP contribution in [0.2, 0.25) is 4.34 Å². The molecule has 0 spiro atoms. The molecule has 2 rings (SSSR count). The molecule has 6 heteroatoms. The number of nitrogens with one attached hydrogen (secondary N) is 1. The minimum Gasteiger partial charge on any atom is -0.311 e. The number of amides is 1. The van der Waals surface area contributed by atoms with Crippen molar-refractivity contribution in [1.29, 1.82) is 0 Å². The number of anilines is 1. The second-order valence-corrected chi connectivity index (χ2v) is 5.95. The van der Waals surface area contributed by atoms with Crippen LogP contribution in [0.4, 0.5) is 5.82 Å². The van der Waals surface area contributed by atoms with Crippen LogP contribution >= 0.6 is 22.9 Å². The van der Waals surface area contributed by atoms with Gasteiger partial charge in [0.1, 0.15) is 5.82 Å². The van der Waals surface area contributed by atoms with Crippen molar-refractivity contribution in [3.05, 3.63) is 45.2 Å². The zero-order valence-electron chi connectivity index (χ0n) is 10.9. The normalized spacial score (nSPS) is 10.3. The van der Waals surface area contributed by atoms with Gasteiger partial charge in [0.25, 0.3) is 0 Å². The Morgan fingerprint density at radius 2 is 2.05 bits per heavy atom. The number of thiophene rings is 1. The molecule has 0 aliphatic carbocycles. The first-order chi connectivity index (χ1) is 9.54. The highest BCUT2D eigenvalue weighted by atomic mass is 35.5. The van der Waals surface area contributed by atoms with E-state index in [0.717, 1.165) is 5.69 Å². The Balaban J connectivity index is 1.85. The van der Waals surface area contributed by atoms with E-state index in [1.807, 2.05) is 19.1 Å². The second kappa shape index (κ2) is 6.63. The molecule has 20 heavy (non-hydrogen) atoms. The van der Waals surface area contributed by atoms with Crippen LogP contribution in [0.1, 0.15) is 28.2 Å². The SMILES string of the molecule is Cc1cccc(NC(=O)CCC(=O)c2ccc(Cl)s2)n1. The van der Waals surface area contributed by atoms with E-state index in [0.29, 0.717) is 15.0 Å². The number of Topliss-reactive ketones (excluding diaryl/α,β-unsaturated/α-hetero) is 1. The molecule has 104 valence electrons. The first-order valence-corrected chi connectivity index (χ1v) is 7.26. The van der Waals surface area contributed by atoms with E-state index in [9.17, 15) is 9.59 Å². The number of nitrogens with zero attached hydrogens (tertiary/aromatic N) is 1. The Hall–Kier alpha value is -1.72. The molecule has 0 aliphatic rings. The maximum atomic E-state index is 11.8. The molecule has 0 aromatic carbocycles. The van der Waals surface area contributed by atoms with Crippen LogP contribution in [0.5, 0.6) is 0 Å². The van der Waals surface area contributed by atoms with Crippen LogP contribution in [0.15, 0.2) is 30.3 Å². The number of carbonyl (C=O) groups excluding carboxylic acids is 2. The molecule has 2 aromatic rings. The molecule has 0 saturated heterocycles. The summed E-state index contributed by atoms with van der Waals surface area (Å²) in [6.45, 7) is 1.85. The van der Waals surface area contributed by atoms with Crippen LogP contribution in [-0.2, 0) is 4.79 Å². The molecule has 0 unspecified atom stereocenters. The lowest BCUT2D eigenvalue weighted by Crippen LogP contribution is -2.14. The average molecular weight is 309 g/mol. The molecule has 0 atom stereocenters. The summed E-state index contributed by atoms with van der Waals surface area (Å²) in [6.07, 6.45) is 0.290. The van der Waals surface area contributed by atoms with Gasteiger partial charge in [-0.05, 0) is 31.2 Å². The average Bonchev–Trinajstić information content (AvgIpc) is 2.83. The number of aryl methyl sites for hydroxylation is 1. The third-order valence-corrected chi connectivity index (χ3v) is 3.86. The number of hydrogen-bond acceptors (Lipinski definition) is 4. The van der Waals surface area contributed by atoms with Crippen molar-refractivity contribution in [2.75, 3.05) is 5.32 Å². The lowest BCUT2D eigenvalue weighted by molar-refractivity contribution is -0.116. The van der Waals surface area contributed by atoms with Gasteiger partial charge in [-0.1, -0.05) is 17.7 Å². The lowest BCUT2D eigenvalue weighted by atomic mass is 10.2. The van der Waals surface area contributed by atoms with E-state index < -0.39 is 0 Å². The summed E-state index contributed by atoms with van der Waals surface area (Å²) in [6, 6.07) is 8.73. The summed E-state index contributed by atoms with van der Waals surface area (Å²) in [7, 11) is 0. The highest BCUT2D eigenvalue weighted by Gasteiger charge is 2.11. The van der Waals surface area contributed by atoms with Gasteiger partial charge >= 0.3 is 0 Å².